The van der Waals surface area contributed by atoms with Crippen LogP contribution in [0.4, 0.5) is 0 Å². The fraction of sp³-hybridized carbons (Fsp3) is 0.172. The van der Waals surface area contributed by atoms with E-state index in [1.165, 1.54) is 120 Å². The lowest BCUT2D eigenvalue weighted by Crippen LogP contribution is -2.55. The summed E-state index contributed by atoms with van der Waals surface area (Å²) in [5.41, 5.74) is 16.8. The third-order valence-electron chi connectivity index (χ3n) is 15.2. The van der Waals surface area contributed by atoms with Gasteiger partial charge < -0.3 is 0 Å². The maximum atomic E-state index is 2.69. The van der Waals surface area contributed by atoms with Crippen molar-refractivity contribution in [2.75, 3.05) is 0 Å². The Morgan fingerprint density at radius 2 is 0.776 bits per heavy atom. The van der Waals surface area contributed by atoms with Gasteiger partial charge in [-0.25, -0.2) is 0 Å². The average molecular weight is 741 g/mol. The van der Waals surface area contributed by atoms with E-state index in [-0.39, 0.29) is 5.41 Å². The van der Waals surface area contributed by atoms with Crippen molar-refractivity contribution < 1.29 is 0 Å². The van der Waals surface area contributed by atoms with Crippen LogP contribution in [-0.2, 0) is 5.41 Å². The number of fused-ring (bicyclic) bond motifs is 6. The summed E-state index contributed by atoms with van der Waals surface area (Å²) in [4.78, 5) is 0. The largest absolute Gasteiger partial charge is 0.0622 e. The Morgan fingerprint density at radius 3 is 1.40 bits per heavy atom. The highest BCUT2D eigenvalue weighted by molar-refractivity contribution is 6.21. The minimum absolute atomic E-state index is 0.0796. The number of rotatable bonds is 4. The number of benzene rings is 9. The molecule has 0 aliphatic heterocycles. The molecule has 4 saturated carbocycles. The van der Waals surface area contributed by atoms with Gasteiger partial charge in [0.2, 0.25) is 0 Å². The van der Waals surface area contributed by atoms with Crippen LogP contribution in [-0.4, -0.2) is 0 Å². The van der Waals surface area contributed by atoms with E-state index in [1.54, 1.807) is 11.1 Å². The minimum Gasteiger partial charge on any atom is -0.0622 e. The molecule has 276 valence electrons. The SMILES string of the molecule is c1ccc(-c2ccc3c(c2)C2(c4cc(-c5c6ccccc6c(-c6ccc(-c7cccc8ccccc78)cc6)c6ccccc56)ccc4-3)C3CC4CC(C3)CC2C4)cc1. The summed E-state index contributed by atoms with van der Waals surface area (Å²) in [6.07, 6.45) is 6.98. The van der Waals surface area contributed by atoms with Crippen molar-refractivity contribution in [3.63, 3.8) is 0 Å². The van der Waals surface area contributed by atoms with Gasteiger partial charge in [-0.15, -0.1) is 0 Å². The second-order valence-corrected chi connectivity index (χ2v) is 18.0. The molecular weight excluding hydrogens is 697 g/mol. The van der Waals surface area contributed by atoms with Gasteiger partial charge in [-0.2, -0.15) is 0 Å². The Balaban J connectivity index is 1.00. The fourth-order valence-electron chi connectivity index (χ4n) is 13.2. The minimum atomic E-state index is 0.0796. The van der Waals surface area contributed by atoms with E-state index in [1.807, 2.05) is 0 Å². The number of hydrogen-bond acceptors (Lipinski definition) is 0. The predicted molar refractivity (Wildman–Crippen MR) is 244 cm³/mol. The summed E-state index contributed by atoms with van der Waals surface area (Å²) >= 11 is 0. The summed E-state index contributed by atoms with van der Waals surface area (Å²) in [6.45, 7) is 0. The third kappa shape index (κ3) is 4.58. The van der Waals surface area contributed by atoms with Crippen LogP contribution in [0.2, 0.25) is 0 Å². The first kappa shape index (κ1) is 32.8. The van der Waals surface area contributed by atoms with Crippen LogP contribution in [0.25, 0.3) is 88.0 Å². The molecule has 0 aromatic heterocycles. The molecule has 9 aromatic carbocycles. The zero-order valence-corrected chi connectivity index (χ0v) is 32.7. The van der Waals surface area contributed by atoms with Crippen molar-refractivity contribution in [1.82, 2.24) is 0 Å². The fourth-order valence-corrected chi connectivity index (χ4v) is 13.2. The molecule has 5 aliphatic carbocycles. The van der Waals surface area contributed by atoms with Gasteiger partial charge in [0, 0.05) is 5.41 Å². The van der Waals surface area contributed by atoms with Crippen molar-refractivity contribution in [3.8, 4) is 55.6 Å². The van der Waals surface area contributed by atoms with Crippen LogP contribution in [0.5, 0.6) is 0 Å². The predicted octanol–water partition coefficient (Wildman–Crippen LogP) is 15.5. The normalized spacial score (nSPS) is 22.6. The van der Waals surface area contributed by atoms with Crippen LogP contribution in [0.1, 0.15) is 43.2 Å². The molecule has 4 fully saturated rings. The van der Waals surface area contributed by atoms with Crippen LogP contribution in [0, 0.1) is 23.7 Å². The van der Waals surface area contributed by atoms with E-state index in [4.69, 9.17) is 0 Å². The molecular formula is C58H44. The monoisotopic (exact) mass is 740 g/mol. The van der Waals surface area contributed by atoms with Gasteiger partial charge in [0.1, 0.15) is 0 Å². The number of hydrogen-bond donors (Lipinski definition) is 0. The first-order valence-corrected chi connectivity index (χ1v) is 21.6. The first-order valence-electron chi connectivity index (χ1n) is 21.6. The molecule has 58 heavy (non-hydrogen) atoms. The molecule has 9 aromatic rings. The van der Waals surface area contributed by atoms with Crippen LogP contribution >= 0.6 is 0 Å². The molecule has 1 spiro atoms. The maximum Gasteiger partial charge on any atom is 0.0272 e. The Morgan fingerprint density at radius 1 is 0.310 bits per heavy atom. The highest BCUT2D eigenvalue weighted by Gasteiger charge is 2.61. The smallest absolute Gasteiger partial charge is 0.0272 e. The molecule has 0 saturated heterocycles. The Kier molecular flexibility index (Phi) is 7.00. The second kappa shape index (κ2) is 12.4. The molecule has 0 N–H and O–H groups in total. The van der Waals surface area contributed by atoms with Gasteiger partial charge >= 0.3 is 0 Å². The molecule has 4 bridgehead atoms. The van der Waals surface area contributed by atoms with Gasteiger partial charge in [-0.05, 0) is 167 Å². The van der Waals surface area contributed by atoms with E-state index in [0.29, 0.717) is 11.8 Å². The van der Waals surface area contributed by atoms with E-state index in [2.05, 4.69) is 182 Å². The van der Waals surface area contributed by atoms with Crippen LogP contribution in [0.15, 0.2) is 182 Å². The van der Waals surface area contributed by atoms with Gasteiger partial charge in [0.15, 0.2) is 0 Å². The Hall–Kier alpha value is -6.24. The van der Waals surface area contributed by atoms with Gasteiger partial charge in [0.05, 0.1) is 0 Å². The summed E-state index contributed by atoms with van der Waals surface area (Å²) < 4.78 is 0. The van der Waals surface area contributed by atoms with Crippen molar-refractivity contribution in [2.24, 2.45) is 23.7 Å². The molecule has 0 radical (unpaired) electrons. The average Bonchev–Trinajstić information content (AvgIpc) is 3.56. The van der Waals surface area contributed by atoms with E-state index < -0.39 is 0 Å². The molecule has 0 unspecified atom stereocenters. The topological polar surface area (TPSA) is 0 Å². The molecule has 0 amide bonds. The summed E-state index contributed by atoms with van der Waals surface area (Å²) in [6, 6.07) is 69.3. The highest BCUT2D eigenvalue weighted by Crippen LogP contribution is 2.70. The third-order valence-corrected chi connectivity index (χ3v) is 15.2. The zero-order valence-electron chi connectivity index (χ0n) is 32.7. The van der Waals surface area contributed by atoms with Crippen molar-refractivity contribution >= 4 is 32.3 Å². The van der Waals surface area contributed by atoms with Crippen molar-refractivity contribution in [3.05, 3.63) is 193 Å². The van der Waals surface area contributed by atoms with Gasteiger partial charge in [0.25, 0.3) is 0 Å². The van der Waals surface area contributed by atoms with Gasteiger partial charge in [-0.1, -0.05) is 170 Å². The van der Waals surface area contributed by atoms with E-state index in [0.717, 1.165) is 11.8 Å². The van der Waals surface area contributed by atoms with Gasteiger partial charge in [-0.3, -0.25) is 0 Å². The van der Waals surface area contributed by atoms with E-state index >= 15 is 0 Å². The summed E-state index contributed by atoms with van der Waals surface area (Å²) in [5, 5.41) is 7.86. The molecule has 0 heterocycles. The first-order chi connectivity index (χ1) is 28.7. The lowest BCUT2D eigenvalue weighted by atomic mass is 9.43. The lowest BCUT2D eigenvalue weighted by Gasteiger charge is -2.61. The Bertz CT molecular complexity index is 3020. The quantitative estimate of drug-likeness (QED) is 0.158. The molecule has 14 rings (SSSR count). The molecule has 0 atom stereocenters. The summed E-state index contributed by atoms with van der Waals surface area (Å²) in [5.74, 6) is 3.22. The van der Waals surface area contributed by atoms with Crippen LogP contribution < -0.4 is 0 Å². The molecule has 0 nitrogen and oxygen atoms in total. The molecule has 5 aliphatic rings. The van der Waals surface area contributed by atoms with Crippen LogP contribution in [0.3, 0.4) is 0 Å². The summed E-state index contributed by atoms with van der Waals surface area (Å²) in [7, 11) is 0. The zero-order chi connectivity index (χ0) is 38.0. The molecule has 0 heteroatoms. The standard InChI is InChI=1S/C58H44/c1-2-11-38(12-3-1)42-25-27-48-49-28-26-43(35-55(49)58(54(48)34-42)44-30-36-29-37(32-44)33-45(58)31-36)57-52-18-8-6-16-50(52)56(51-17-7-9-19-53(51)57)41-23-21-40(22-24-41)47-20-10-14-39-13-4-5-15-46(39)47/h1-28,34-37,44-45H,29-33H2. The lowest BCUT2D eigenvalue weighted by molar-refractivity contribution is -0.0399. The van der Waals surface area contributed by atoms with Crippen molar-refractivity contribution in [2.45, 2.75) is 37.5 Å². The van der Waals surface area contributed by atoms with Crippen molar-refractivity contribution in [1.29, 1.82) is 0 Å². The highest BCUT2D eigenvalue weighted by atomic mass is 14.6. The van der Waals surface area contributed by atoms with E-state index in [9.17, 15) is 0 Å². The Labute approximate surface area is 340 Å². The second-order valence-electron chi connectivity index (χ2n) is 18.0. The maximum absolute atomic E-state index is 2.69.